The quantitative estimate of drug-likeness (QED) is 0.841. The fourth-order valence-electron chi connectivity index (χ4n) is 2.49. The molecule has 0 N–H and O–H groups in total. The van der Waals surface area contributed by atoms with Gasteiger partial charge in [0.2, 0.25) is 0 Å². The summed E-state index contributed by atoms with van der Waals surface area (Å²) in [7, 11) is 0. The minimum Gasteiger partial charge on any atom is -0.355 e. The number of amides is 1. The van der Waals surface area contributed by atoms with Crippen molar-refractivity contribution in [2.45, 2.75) is 26.2 Å². The molecule has 1 saturated heterocycles. The molecule has 2 heterocycles. The van der Waals surface area contributed by atoms with Gasteiger partial charge in [-0.05, 0) is 26.2 Å². The van der Waals surface area contributed by atoms with E-state index >= 15 is 0 Å². The Balaban J connectivity index is 1.79. The van der Waals surface area contributed by atoms with Crippen LogP contribution in [-0.4, -0.2) is 29.1 Å². The zero-order valence-electron chi connectivity index (χ0n) is 11.6. The molecule has 4 nitrogen and oxygen atoms in total. The van der Waals surface area contributed by atoms with Crippen LogP contribution in [-0.2, 0) is 0 Å². The third-order valence-electron chi connectivity index (χ3n) is 3.71. The first-order valence-corrected chi connectivity index (χ1v) is 7.07. The van der Waals surface area contributed by atoms with E-state index in [1.54, 1.807) is 6.07 Å². The van der Waals surface area contributed by atoms with Crippen LogP contribution in [0.5, 0.6) is 0 Å². The highest BCUT2D eigenvalue weighted by Gasteiger charge is 2.21. The lowest BCUT2D eigenvalue weighted by molar-refractivity contribution is 0.0714. The molecule has 1 aromatic heterocycles. The number of nitrogens with zero attached hydrogens (tertiary/aromatic N) is 2. The molecule has 1 aliphatic heterocycles. The van der Waals surface area contributed by atoms with E-state index in [0.29, 0.717) is 11.5 Å². The highest BCUT2D eigenvalue weighted by atomic mass is 16.5. The summed E-state index contributed by atoms with van der Waals surface area (Å²) >= 11 is 0. The number of hydrogen-bond donors (Lipinski definition) is 0. The molecule has 0 saturated carbocycles. The molecule has 0 atom stereocenters. The summed E-state index contributed by atoms with van der Waals surface area (Å²) in [6.45, 7) is 3.69. The normalized spacial score (nSPS) is 15.3. The van der Waals surface area contributed by atoms with E-state index < -0.39 is 0 Å². The molecule has 104 valence electrons. The fraction of sp³-hybridized carbons (Fsp3) is 0.375. The summed E-state index contributed by atoms with van der Waals surface area (Å²) in [4.78, 5) is 14.2. The number of carbonyl (C=O) groups is 1. The van der Waals surface area contributed by atoms with Gasteiger partial charge in [-0.25, -0.2) is 0 Å². The van der Waals surface area contributed by atoms with E-state index in [9.17, 15) is 4.79 Å². The lowest BCUT2D eigenvalue weighted by Gasteiger charge is -2.25. The molecular weight excluding hydrogens is 252 g/mol. The van der Waals surface area contributed by atoms with Gasteiger partial charge in [0.25, 0.3) is 5.91 Å². The van der Waals surface area contributed by atoms with Gasteiger partial charge in [0.1, 0.15) is 0 Å². The van der Waals surface area contributed by atoms with Crippen LogP contribution in [0, 0.1) is 6.92 Å². The van der Waals surface area contributed by atoms with Crippen molar-refractivity contribution in [3.05, 3.63) is 41.6 Å². The average molecular weight is 270 g/mol. The molecule has 3 rings (SSSR count). The van der Waals surface area contributed by atoms with Crippen LogP contribution in [0.15, 0.2) is 34.9 Å². The zero-order chi connectivity index (χ0) is 13.9. The van der Waals surface area contributed by atoms with E-state index in [1.165, 1.54) is 12.0 Å². The predicted octanol–water partition coefficient (Wildman–Crippen LogP) is 3.28. The Labute approximate surface area is 118 Å². The second-order valence-electron chi connectivity index (χ2n) is 5.30. The Kier molecular flexibility index (Phi) is 3.54. The van der Waals surface area contributed by atoms with Crippen LogP contribution in [0.1, 0.15) is 35.3 Å². The van der Waals surface area contributed by atoms with E-state index in [2.05, 4.69) is 5.16 Å². The van der Waals surface area contributed by atoms with Crippen LogP contribution in [0.25, 0.3) is 11.3 Å². The molecule has 1 amide bonds. The third-order valence-corrected chi connectivity index (χ3v) is 3.71. The number of benzene rings is 1. The van der Waals surface area contributed by atoms with Crippen molar-refractivity contribution < 1.29 is 9.32 Å². The van der Waals surface area contributed by atoms with E-state index in [4.69, 9.17) is 4.52 Å². The number of aryl methyl sites for hydroxylation is 1. The van der Waals surface area contributed by atoms with Crippen molar-refractivity contribution in [2.24, 2.45) is 0 Å². The lowest BCUT2D eigenvalue weighted by atomic mass is 10.1. The number of rotatable bonds is 2. The standard InChI is InChI=1S/C16H18N2O2/c1-12-5-7-13(8-6-12)15-11-14(17-20-15)16(19)18-9-3-2-4-10-18/h5-8,11H,2-4,9-10H2,1H3. The Morgan fingerprint density at radius 1 is 1.15 bits per heavy atom. The van der Waals surface area contributed by atoms with Crippen LogP contribution in [0.3, 0.4) is 0 Å². The van der Waals surface area contributed by atoms with Crippen molar-refractivity contribution in [1.82, 2.24) is 10.1 Å². The van der Waals surface area contributed by atoms with Gasteiger partial charge in [0.15, 0.2) is 11.5 Å². The molecule has 1 aromatic carbocycles. The summed E-state index contributed by atoms with van der Waals surface area (Å²) in [5.74, 6) is 0.622. The van der Waals surface area contributed by atoms with Crippen molar-refractivity contribution >= 4 is 5.91 Å². The molecule has 1 fully saturated rings. The van der Waals surface area contributed by atoms with Crippen molar-refractivity contribution in [3.63, 3.8) is 0 Å². The Morgan fingerprint density at radius 3 is 2.55 bits per heavy atom. The van der Waals surface area contributed by atoms with Gasteiger partial charge in [-0.15, -0.1) is 0 Å². The summed E-state index contributed by atoms with van der Waals surface area (Å²) in [5, 5.41) is 3.92. The maximum atomic E-state index is 12.3. The summed E-state index contributed by atoms with van der Waals surface area (Å²) < 4.78 is 5.31. The van der Waals surface area contributed by atoms with Crippen LogP contribution >= 0.6 is 0 Å². The lowest BCUT2D eigenvalue weighted by Crippen LogP contribution is -2.35. The number of carbonyl (C=O) groups excluding carboxylic acids is 1. The fourth-order valence-corrected chi connectivity index (χ4v) is 2.49. The van der Waals surface area contributed by atoms with Crippen molar-refractivity contribution in [2.75, 3.05) is 13.1 Å². The van der Waals surface area contributed by atoms with Gasteiger partial charge in [-0.3, -0.25) is 4.79 Å². The first-order valence-electron chi connectivity index (χ1n) is 7.07. The predicted molar refractivity (Wildman–Crippen MR) is 76.4 cm³/mol. The SMILES string of the molecule is Cc1ccc(-c2cc(C(=O)N3CCCCC3)no2)cc1. The molecular formula is C16H18N2O2. The highest BCUT2D eigenvalue weighted by molar-refractivity contribution is 5.93. The van der Waals surface area contributed by atoms with Crippen LogP contribution < -0.4 is 0 Å². The van der Waals surface area contributed by atoms with Gasteiger partial charge in [0, 0.05) is 24.7 Å². The molecule has 0 aliphatic carbocycles. The number of likely N-dealkylation sites (tertiary alicyclic amines) is 1. The van der Waals surface area contributed by atoms with Gasteiger partial charge < -0.3 is 9.42 Å². The number of aromatic nitrogens is 1. The molecule has 0 unspecified atom stereocenters. The Morgan fingerprint density at radius 2 is 1.85 bits per heavy atom. The maximum absolute atomic E-state index is 12.3. The first-order chi connectivity index (χ1) is 9.74. The molecule has 0 spiro atoms. The van der Waals surface area contributed by atoms with Gasteiger partial charge in [-0.2, -0.15) is 0 Å². The summed E-state index contributed by atoms with van der Waals surface area (Å²) in [5.41, 5.74) is 2.54. The van der Waals surface area contributed by atoms with Gasteiger partial charge in [0.05, 0.1) is 0 Å². The maximum Gasteiger partial charge on any atom is 0.276 e. The minimum absolute atomic E-state index is 0.0215. The number of piperidine rings is 1. The molecule has 20 heavy (non-hydrogen) atoms. The largest absolute Gasteiger partial charge is 0.355 e. The van der Waals surface area contributed by atoms with E-state index in [-0.39, 0.29) is 5.91 Å². The number of hydrogen-bond acceptors (Lipinski definition) is 3. The van der Waals surface area contributed by atoms with Crippen LogP contribution in [0.2, 0.25) is 0 Å². The zero-order valence-corrected chi connectivity index (χ0v) is 11.6. The van der Waals surface area contributed by atoms with Crippen molar-refractivity contribution in [1.29, 1.82) is 0 Å². The smallest absolute Gasteiger partial charge is 0.276 e. The highest BCUT2D eigenvalue weighted by Crippen LogP contribution is 2.22. The topological polar surface area (TPSA) is 46.3 Å². The van der Waals surface area contributed by atoms with Gasteiger partial charge in [-0.1, -0.05) is 35.0 Å². The Hall–Kier alpha value is -2.10. The van der Waals surface area contributed by atoms with Gasteiger partial charge >= 0.3 is 0 Å². The van der Waals surface area contributed by atoms with E-state index in [0.717, 1.165) is 31.5 Å². The van der Waals surface area contributed by atoms with Crippen molar-refractivity contribution in [3.8, 4) is 11.3 Å². The summed E-state index contributed by atoms with van der Waals surface area (Å²) in [6.07, 6.45) is 3.36. The monoisotopic (exact) mass is 270 g/mol. The molecule has 0 radical (unpaired) electrons. The minimum atomic E-state index is -0.0215. The summed E-state index contributed by atoms with van der Waals surface area (Å²) in [6, 6.07) is 9.73. The first kappa shape index (κ1) is 12.9. The molecule has 0 bridgehead atoms. The Bertz CT molecular complexity index is 595. The third kappa shape index (κ3) is 2.59. The second-order valence-corrected chi connectivity index (χ2v) is 5.30. The van der Waals surface area contributed by atoms with E-state index in [1.807, 2.05) is 36.1 Å². The van der Waals surface area contributed by atoms with Crippen LogP contribution in [0.4, 0.5) is 0 Å². The molecule has 1 aliphatic rings. The molecule has 4 heteroatoms. The molecule has 2 aromatic rings. The average Bonchev–Trinajstić information content (AvgIpc) is 2.98. The second kappa shape index (κ2) is 5.49.